The molecule has 0 saturated carbocycles. The summed E-state index contributed by atoms with van der Waals surface area (Å²) >= 11 is 8.31. The van der Waals surface area contributed by atoms with Crippen molar-refractivity contribution in [1.29, 1.82) is 0 Å². The van der Waals surface area contributed by atoms with Crippen LogP contribution in [-0.4, -0.2) is 0 Å². The van der Waals surface area contributed by atoms with Gasteiger partial charge in [-0.2, -0.15) is 0 Å². The van der Waals surface area contributed by atoms with Gasteiger partial charge in [-0.25, -0.2) is 4.79 Å². The Bertz CT molecular complexity index is 516. The van der Waals surface area contributed by atoms with Crippen LogP contribution in [-0.2, 0) is 0 Å². The number of fused-ring (bicyclic) bond motifs is 1. The van der Waals surface area contributed by atoms with E-state index < -0.39 is 5.63 Å². The van der Waals surface area contributed by atoms with Crippen LogP contribution in [0.1, 0.15) is 0 Å². The fourth-order valence-corrected chi connectivity index (χ4v) is 1.62. The quantitative estimate of drug-likeness (QED) is 0.516. The van der Waals surface area contributed by atoms with Crippen LogP contribution in [0.5, 0.6) is 0 Å². The third-order valence-corrected chi connectivity index (χ3v) is 2.35. The molecule has 0 amide bonds. The lowest BCUT2D eigenvalue weighted by Crippen LogP contribution is -1.95. The van der Waals surface area contributed by atoms with Crippen LogP contribution in [0, 0.1) is 0 Å². The first-order valence-corrected chi connectivity index (χ1v) is 4.52. The Morgan fingerprint density at radius 2 is 1.92 bits per heavy atom. The standard InChI is InChI=1S/C9H6O2S2/c10-9-4-8(13)6-2-1-5(12)3-7(6)11-9/h1-4,12-13H. The van der Waals surface area contributed by atoms with Gasteiger partial charge in [0.25, 0.3) is 0 Å². The van der Waals surface area contributed by atoms with Crippen molar-refractivity contribution in [3.05, 3.63) is 34.7 Å². The third-order valence-electron chi connectivity index (χ3n) is 1.71. The largest absolute Gasteiger partial charge is 0.423 e. The van der Waals surface area contributed by atoms with E-state index in [1.165, 1.54) is 6.07 Å². The van der Waals surface area contributed by atoms with Gasteiger partial charge in [0.1, 0.15) is 5.58 Å². The first kappa shape index (κ1) is 8.72. The molecule has 2 aromatic rings. The zero-order chi connectivity index (χ0) is 9.42. The van der Waals surface area contributed by atoms with Gasteiger partial charge in [-0.05, 0) is 18.2 Å². The maximum Gasteiger partial charge on any atom is 0.337 e. The maximum atomic E-state index is 11.0. The molecule has 0 bridgehead atoms. The summed E-state index contributed by atoms with van der Waals surface area (Å²) in [5, 5.41) is 0.820. The molecule has 0 atom stereocenters. The number of hydrogen-bond acceptors (Lipinski definition) is 4. The van der Waals surface area contributed by atoms with Crippen molar-refractivity contribution in [2.75, 3.05) is 0 Å². The number of thiol groups is 2. The topological polar surface area (TPSA) is 30.2 Å². The highest BCUT2D eigenvalue weighted by Gasteiger charge is 2.01. The van der Waals surface area contributed by atoms with Gasteiger partial charge in [0.15, 0.2) is 0 Å². The normalized spacial score (nSPS) is 10.6. The molecule has 1 aromatic heterocycles. The van der Waals surface area contributed by atoms with Crippen molar-refractivity contribution in [1.82, 2.24) is 0 Å². The van der Waals surface area contributed by atoms with Crippen LogP contribution >= 0.6 is 25.3 Å². The van der Waals surface area contributed by atoms with Gasteiger partial charge in [-0.1, -0.05) is 0 Å². The predicted molar refractivity (Wildman–Crippen MR) is 57.0 cm³/mol. The van der Waals surface area contributed by atoms with Crippen LogP contribution in [0.4, 0.5) is 0 Å². The van der Waals surface area contributed by atoms with Gasteiger partial charge in [0.2, 0.25) is 0 Å². The van der Waals surface area contributed by atoms with E-state index in [0.29, 0.717) is 10.5 Å². The Labute approximate surface area is 85.4 Å². The minimum absolute atomic E-state index is 0.392. The molecule has 0 N–H and O–H groups in total. The molecule has 0 fully saturated rings. The lowest BCUT2D eigenvalue weighted by Gasteiger charge is -1.99. The lowest BCUT2D eigenvalue weighted by atomic mass is 10.2. The second kappa shape index (κ2) is 3.12. The van der Waals surface area contributed by atoms with Crippen molar-refractivity contribution >= 4 is 36.2 Å². The van der Waals surface area contributed by atoms with Gasteiger partial charge in [-0.15, -0.1) is 25.3 Å². The first-order valence-electron chi connectivity index (χ1n) is 3.62. The van der Waals surface area contributed by atoms with Crippen molar-refractivity contribution in [3.63, 3.8) is 0 Å². The number of rotatable bonds is 0. The summed E-state index contributed by atoms with van der Waals surface area (Å²) in [6.45, 7) is 0. The Hall–Kier alpha value is -0.870. The van der Waals surface area contributed by atoms with Crippen molar-refractivity contribution in [2.24, 2.45) is 0 Å². The van der Waals surface area contributed by atoms with E-state index in [1.807, 2.05) is 12.1 Å². The molecule has 1 aromatic carbocycles. The summed E-state index contributed by atoms with van der Waals surface area (Å²) in [6.07, 6.45) is 0. The zero-order valence-electron chi connectivity index (χ0n) is 6.52. The molecule has 2 rings (SSSR count). The molecule has 13 heavy (non-hydrogen) atoms. The zero-order valence-corrected chi connectivity index (χ0v) is 8.31. The molecule has 66 valence electrons. The van der Waals surface area contributed by atoms with E-state index in [2.05, 4.69) is 25.3 Å². The van der Waals surface area contributed by atoms with E-state index in [0.717, 1.165) is 10.3 Å². The molecular weight excluding hydrogens is 204 g/mol. The third kappa shape index (κ3) is 1.59. The smallest absolute Gasteiger partial charge is 0.337 e. The minimum Gasteiger partial charge on any atom is -0.423 e. The van der Waals surface area contributed by atoms with Crippen LogP contribution in [0.3, 0.4) is 0 Å². The predicted octanol–water partition coefficient (Wildman–Crippen LogP) is 2.37. The Morgan fingerprint density at radius 1 is 1.15 bits per heavy atom. The Morgan fingerprint density at radius 3 is 2.69 bits per heavy atom. The fraction of sp³-hybridized carbons (Fsp3) is 0. The molecule has 4 heteroatoms. The molecule has 0 saturated heterocycles. The molecule has 0 unspecified atom stereocenters. The summed E-state index contributed by atoms with van der Waals surface area (Å²) in [5.74, 6) is 0. The highest BCUT2D eigenvalue weighted by Crippen LogP contribution is 2.22. The van der Waals surface area contributed by atoms with E-state index in [9.17, 15) is 4.79 Å². The monoisotopic (exact) mass is 210 g/mol. The van der Waals surface area contributed by atoms with Crippen LogP contribution in [0.2, 0.25) is 0 Å². The highest BCUT2D eigenvalue weighted by molar-refractivity contribution is 7.80. The van der Waals surface area contributed by atoms with Gasteiger partial charge < -0.3 is 4.42 Å². The second-order valence-electron chi connectivity index (χ2n) is 2.63. The fourth-order valence-electron chi connectivity index (χ4n) is 1.13. The van der Waals surface area contributed by atoms with Gasteiger partial charge in [-0.3, -0.25) is 0 Å². The summed E-state index contributed by atoms with van der Waals surface area (Å²) in [4.78, 5) is 12.4. The molecule has 2 nitrogen and oxygen atoms in total. The minimum atomic E-state index is -0.392. The van der Waals surface area contributed by atoms with Gasteiger partial charge in [0.05, 0.1) is 0 Å². The Balaban J connectivity index is 2.94. The number of benzene rings is 1. The molecule has 0 radical (unpaired) electrons. The van der Waals surface area contributed by atoms with Crippen molar-refractivity contribution < 1.29 is 4.42 Å². The average molecular weight is 210 g/mol. The number of hydrogen-bond donors (Lipinski definition) is 2. The first-order chi connectivity index (χ1) is 6.16. The van der Waals surface area contributed by atoms with Crippen LogP contribution in [0.25, 0.3) is 11.0 Å². The van der Waals surface area contributed by atoms with E-state index in [-0.39, 0.29) is 0 Å². The Kier molecular flexibility index (Phi) is 2.09. The van der Waals surface area contributed by atoms with Gasteiger partial charge in [0, 0.05) is 21.2 Å². The summed E-state index contributed by atoms with van der Waals surface area (Å²) in [6, 6.07) is 6.69. The van der Waals surface area contributed by atoms with Crippen molar-refractivity contribution in [2.45, 2.75) is 9.79 Å². The van der Waals surface area contributed by atoms with E-state index >= 15 is 0 Å². The second-order valence-corrected chi connectivity index (χ2v) is 3.63. The average Bonchev–Trinajstić information content (AvgIpc) is 2.02. The molecule has 0 aliphatic heterocycles. The SMILES string of the molecule is O=c1cc(S)c2ccc(S)cc2o1. The highest BCUT2D eigenvalue weighted by atomic mass is 32.1. The van der Waals surface area contributed by atoms with Crippen molar-refractivity contribution in [3.8, 4) is 0 Å². The van der Waals surface area contributed by atoms with Crippen LogP contribution < -0.4 is 5.63 Å². The van der Waals surface area contributed by atoms with Gasteiger partial charge >= 0.3 is 5.63 Å². The molecule has 0 spiro atoms. The molecule has 1 heterocycles. The molecule has 0 aliphatic carbocycles. The summed E-state index contributed by atoms with van der Waals surface area (Å²) < 4.78 is 4.97. The maximum absolute atomic E-state index is 11.0. The molecule has 0 aliphatic rings. The van der Waals surface area contributed by atoms with E-state index in [1.54, 1.807) is 6.07 Å². The van der Waals surface area contributed by atoms with Crippen LogP contribution in [0.15, 0.2) is 43.3 Å². The summed E-state index contributed by atoms with van der Waals surface area (Å²) in [7, 11) is 0. The lowest BCUT2D eigenvalue weighted by molar-refractivity contribution is 0.557. The molecular formula is C9H6O2S2. The van der Waals surface area contributed by atoms with E-state index in [4.69, 9.17) is 4.42 Å². The summed E-state index contributed by atoms with van der Waals surface area (Å²) in [5.41, 5.74) is 0.126.